The number of rotatable bonds is 2. The van der Waals surface area contributed by atoms with Crippen LogP contribution < -0.4 is 4.72 Å². The van der Waals surface area contributed by atoms with Gasteiger partial charge in [-0.25, -0.2) is 8.42 Å². The van der Waals surface area contributed by atoms with Crippen LogP contribution in [0.15, 0.2) is 34.2 Å². The molecule has 1 aromatic carbocycles. The third kappa shape index (κ3) is 2.58. The van der Waals surface area contributed by atoms with Crippen LogP contribution in [0.2, 0.25) is 0 Å². The fraction of sp³-hybridized carbons (Fsp3) is 0.500. The van der Waals surface area contributed by atoms with Gasteiger partial charge >= 0.3 is 0 Å². The average molecular weight is 294 g/mol. The molecule has 2 aliphatic rings. The lowest BCUT2D eigenvalue weighted by atomic mass is 9.87. The predicted octanol–water partition coefficient (Wildman–Crippen LogP) is 1.28. The zero-order valence-corrected chi connectivity index (χ0v) is 11.9. The molecule has 1 aliphatic carbocycles. The van der Waals surface area contributed by atoms with E-state index in [1.807, 2.05) is 6.07 Å². The minimum atomic E-state index is -3.44. The summed E-state index contributed by atoms with van der Waals surface area (Å²) in [6.07, 6.45) is 3.36. The average Bonchev–Trinajstić information content (AvgIpc) is 2.70. The number of hydrogen-bond acceptors (Lipinski definition) is 4. The molecule has 1 saturated carbocycles. The summed E-state index contributed by atoms with van der Waals surface area (Å²) in [4.78, 5) is 4.76. The van der Waals surface area contributed by atoms with E-state index in [1.165, 1.54) is 0 Å². The first-order valence-electron chi connectivity index (χ1n) is 6.91. The van der Waals surface area contributed by atoms with Gasteiger partial charge in [0.15, 0.2) is 0 Å². The van der Waals surface area contributed by atoms with Crippen molar-refractivity contribution >= 4 is 15.9 Å². The second kappa shape index (κ2) is 5.18. The normalized spacial score (nSPS) is 29.9. The number of benzene rings is 1. The Balaban J connectivity index is 1.77. The Morgan fingerprint density at radius 1 is 1.20 bits per heavy atom. The van der Waals surface area contributed by atoms with E-state index in [0.717, 1.165) is 25.7 Å². The predicted molar refractivity (Wildman–Crippen MR) is 76.1 cm³/mol. The number of fused-ring (bicyclic) bond motifs is 1. The summed E-state index contributed by atoms with van der Waals surface area (Å²) < 4.78 is 26.4. The lowest BCUT2D eigenvalue weighted by molar-refractivity contribution is 0.110. The molecule has 1 aromatic rings. The van der Waals surface area contributed by atoms with Gasteiger partial charge < -0.3 is 5.11 Å². The van der Waals surface area contributed by atoms with E-state index >= 15 is 0 Å². The van der Waals surface area contributed by atoms with E-state index in [9.17, 15) is 13.5 Å². The van der Waals surface area contributed by atoms with Gasteiger partial charge in [0, 0.05) is 12.1 Å². The Morgan fingerprint density at radius 2 is 1.90 bits per heavy atom. The summed E-state index contributed by atoms with van der Waals surface area (Å²) in [6.45, 7) is 0.610. The maximum Gasteiger partial charge on any atom is 0.263 e. The molecule has 0 spiro atoms. The Bertz CT molecular complexity index is 632. The highest BCUT2D eigenvalue weighted by Gasteiger charge is 2.30. The molecule has 1 heterocycles. The van der Waals surface area contributed by atoms with E-state index in [-0.39, 0.29) is 6.10 Å². The van der Waals surface area contributed by atoms with E-state index in [2.05, 4.69) is 9.71 Å². The van der Waals surface area contributed by atoms with Crippen molar-refractivity contribution in [2.45, 2.75) is 36.7 Å². The topological polar surface area (TPSA) is 78.8 Å². The Kier molecular flexibility index (Phi) is 3.52. The molecule has 1 aliphatic heterocycles. The molecule has 0 radical (unpaired) electrons. The largest absolute Gasteiger partial charge is 0.393 e. The number of hydrogen-bond donors (Lipinski definition) is 2. The SMILES string of the molecule is O=S1(=O)NC(=NCC2CCC(O)CC2)c2ccccc21. The van der Waals surface area contributed by atoms with Gasteiger partial charge in [0.1, 0.15) is 5.84 Å². The van der Waals surface area contributed by atoms with Crippen LogP contribution in [0.1, 0.15) is 31.2 Å². The molecule has 6 heteroatoms. The number of aliphatic hydroxyl groups excluding tert-OH is 1. The van der Waals surface area contributed by atoms with Crippen molar-refractivity contribution in [3.05, 3.63) is 29.8 Å². The first-order valence-corrected chi connectivity index (χ1v) is 8.39. The zero-order valence-electron chi connectivity index (χ0n) is 11.1. The number of aliphatic hydroxyl groups is 1. The van der Waals surface area contributed by atoms with Gasteiger partial charge in [0.25, 0.3) is 10.0 Å². The summed E-state index contributed by atoms with van der Waals surface area (Å²) in [5, 5.41) is 9.48. The van der Waals surface area contributed by atoms with E-state index < -0.39 is 10.0 Å². The fourth-order valence-electron chi connectivity index (χ4n) is 2.80. The summed E-state index contributed by atoms with van der Waals surface area (Å²) in [6, 6.07) is 6.89. The molecular formula is C14H18N2O3S. The molecule has 2 N–H and O–H groups in total. The van der Waals surface area contributed by atoms with Gasteiger partial charge in [-0.05, 0) is 43.7 Å². The molecular weight excluding hydrogens is 276 g/mol. The zero-order chi connectivity index (χ0) is 14.2. The number of sulfonamides is 1. The number of amidine groups is 1. The molecule has 108 valence electrons. The van der Waals surface area contributed by atoms with Crippen molar-refractivity contribution in [1.29, 1.82) is 0 Å². The minimum Gasteiger partial charge on any atom is -0.393 e. The lowest BCUT2D eigenvalue weighted by Crippen LogP contribution is -2.24. The first-order chi connectivity index (χ1) is 9.56. The summed E-state index contributed by atoms with van der Waals surface area (Å²) in [5.41, 5.74) is 0.656. The minimum absolute atomic E-state index is 0.176. The van der Waals surface area contributed by atoms with Crippen LogP contribution in [0.5, 0.6) is 0 Å². The monoisotopic (exact) mass is 294 g/mol. The van der Waals surface area contributed by atoms with Crippen molar-refractivity contribution in [2.24, 2.45) is 10.9 Å². The second-order valence-corrected chi connectivity index (χ2v) is 7.12. The van der Waals surface area contributed by atoms with E-state index in [0.29, 0.717) is 28.8 Å². The van der Waals surface area contributed by atoms with Crippen LogP contribution in [0.25, 0.3) is 0 Å². The molecule has 0 aromatic heterocycles. The lowest BCUT2D eigenvalue weighted by Gasteiger charge is -2.23. The number of nitrogens with one attached hydrogen (secondary N) is 1. The van der Waals surface area contributed by atoms with Crippen LogP contribution in [0, 0.1) is 5.92 Å². The second-order valence-electron chi connectivity index (χ2n) is 5.47. The maximum atomic E-state index is 11.9. The van der Waals surface area contributed by atoms with Crippen LogP contribution >= 0.6 is 0 Å². The van der Waals surface area contributed by atoms with Gasteiger partial charge in [0.2, 0.25) is 0 Å². The van der Waals surface area contributed by atoms with Crippen LogP contribution in [0.4, 0.5) is 0 Å². The summed E-state index contributed by atoms with van der Waals surface area (Å²) >= 11 is 0. The molecule has 0 atom stereocenters. The molecule has 0 saturated heterocycles. The maximum absolute atomic E-state index is 11.9. The standard InChI is InChI=1S/C14H18N2O3S/c17-11-7-5-10(6-8-11)9-15-14-12-3-1-2-4-13(12)20(18,19)16-14/h1-4,10-11,17H,5-9H2,(H,15,16). The number of aliphatic imine (C=N–C) groups is 1. The van der Waals surface area contributed by atoms with Crippen molar-refractivity contribution in [3.8, 4) is 0 Å². The number of nitrogens with zero attached hydrogens (tertiary/aromatic N) is 1. The van der Waals surface area contributed by atoms with Crippen molar-refractivity contribution in [2.75, 3.05) is 6.54 Å². The molecule has 0 unspecified atom stereocenters. The molecule has 1 fully saturated rings. The van der Waals surface area contributed by atoms with E-state index in [1.54, 1.807) is 18.2 Å². The molecule has 0 bridgehead atoms. The van der Waals surface area contributed by atoms with Crippen LogP contribution in [0.3, 0.4) is 0 Å². The van der Waals surface area contributed by atoms with Crippen molar-refractivity contribution in [3.63, 3.8) is 0 Å². The highest BCUT2D eigenvalue weighted by Crippen LogP contribution is 2.26. The van der Waals surface area contributed by atoms with Gasteiger partial charge in [-0.2, -0.15) is 0 Å². The van der Waals surface area contributed by atoms with Gasteiger partial charge in [0.05, 0.1) is 11.0 Å². The first kappa shape index (κ1) is 13.6. The molecule has 5 nitrogen and oxygen atoms in total. The summed E-state index contributed by atoms with van der Waals surface area (Å²) in [5.74, 6) is 0.884. The van der Waals surface area contributed by atoms with Crippen LogP contribution in [-0.2, 0) is 10.0 Å². The third-order valence-corrected chi connectivity index (χ3v) is 5.38. The Hall–Kier alpha value is -1.40. The third-order valence-electron chi connectivity index (χ3n) is 3.99. The smallest absolute Gasteiger partial charge is 0.263 e. The summed E-state index contributed by atoms with van der Waals surface area (Å²) in [7, 11) is -3.44. The molecule has 0 amide bonds. The Labute approximate surface area is 118 Å². The van der Waals surface area contributed by atoms with Gasteiger partial charge in [-0.3, -0.25) is 9.71 Å². The fourth-order valence-corrected chi connectivity index (χ4v) is 4.05. The van der Waals surface area contributed by atoms with Crippen LogP contribution in [-0.4, -0.2) is 32.0 Å². The van der Waals surface area contributed by atoms with Crippen molar-refractivity contribution in [1.82, 2.24) is 4.72 Å². The molecule has 3 rings (SSSR count). The van der Waals surface area contributed by atoms with E-state index in [4.69, 9.17) is 0 Å². The van der Waals surface area contributed by atoms with Gasteiger partial charge in [-0.1, -0.05) is 12.1 Å². The highest BCUT2D eigenvalue weighted by molar-refractivity contribution is 7.90. The van der Waals surface area contributed by atoms with Crippen molar-refractivity contribution < 1.29 is 13.5 Å². The molecule has 20 heavy (non-hydrogen) atoms. The van der Waals surface area contributed by atoms with Gasteiger partial charge in [-0.15, -0.1) is 0 Å². The Morgan fingerprint density at radius 3 is 2.65 bits per heavy atom. The highest BCUT2D eigenvalue weighted by atomic mass is 32.2. The quantitative estimate of drug-likeness (QED) is 0.862.